The topological polar surface area (TPSA) is 71.3 Å². The number of aryl methyl sites for hydroxylation is 2. The van der Waals surface area contributed by atoms with Gasteiger partial charge in [0.05, 0.1) is 5.52 Å². The van der Waals surface area contributed by atoms with Crippen molar-refractivity contribution in [2.24, 2.45) is 0 Å². The average molecular weight is 272 g/mol. The van der Waals surface area contributed by atoms with E-state index in [0.717, 1.165) is 23.9 Å². The molecule has 1 aliphatic heterocycles. The summed E-state index contributed by atoms with van der Waals surface area (Å²) < 4.78 is 1.61. The molecule has 5 nitrogen and oxygen atoms in total. The van der Waals surface area contributed by atoms with E-state index in [0.29, 0.717) is 18.5 Å². The molecule has 2 heterocycles. The maximum Gasteiger partial charge on any atom is 0.267 e. The van der Waals surface area contributed by atoms with E-state index in [2.05, 4.69) is 5.32 Å². The number of hydrogen-bond donors (Lipinski definition) is 2. The molecule has 104 valence electrons. The van der Waals surface area contributed by atoms with Crippen LogP contribution in [0.2, 0.25) is 0 Å². The number of para-hydroxylation sites is 1. The number of aromatic hydroxyl groups is 1. The number of hydrogen-bond acceptors (Lipinski definition) is 3. The van der Waals surface area contributed by atoms with E-state index in [1.54, 1.807) is 17.6 Å². The van der Waals surface area contributed by atoms with Crippen LogP contribution >= 0.6 is 0 Å². The Kier molecular flexibility index (Phi) is 2.97. The first-order chi connectivity index (χ1) is 9.65. The molecule has 0 unspecified atom stereocenters. The van der Waals surface area contributed by atoms with Crippen molar-refractivity contribution in [1.29, 1.82) is 0 Å². The van der Waals surface area contributed by atoms with Crippen molar-refractivity contribution in [2.75, 3.05) is 6.54 Å². The Balaban J connectivity index is 2.40. The Morgan fingerprint density at radius 3 is 3.00 bits per heavy atom. The Morgan fingerprint density at radius 1 is 1.45 bits per heavy atom. The van der Waals surface area contributed by atoms with Gasteiger partial charge < -0.3 is 15.0 Å². The molecular formula is C15H16N2O3. The zero-order valence-electron chi connectivity index (χ0n) is 11.3. The summed E-state index contributed by atoms with van der Waals surface area (Å²) in [7, 11) is 0. The highest BCUT2D eigenvalue weighted by Gasteiger charge is 2.24. The van der Waals surface area contributed by atoms with Crippen molar-refractivity contribution in [3.05, 3.63) is 39.7 Å². The van der Waals surface area contributed by atoms with Crippen molar-refractivity contribution in [3.8, 4) is 5.75 Å². The van der Waals surface area contributed by atoms with Gasteiger partial charge in [0.2, 0.25) is 0 Å². The number of pyridine rings is 1. The fourth-order valence-corrected chi connectivity index (χ4v) is 2.87. The van der Waals surface area contributed by atoms with E-state index < -0.39 is 11.5 Å². The van der Waals surface area contributed by atoms with Gasteiger partial charge in [-0.2, -0.15) is 0 Å². The van der Waals surface area contributed by atoms with Gasteiger partial charge in [0.15, 0.2) is 0 Å². The summed E-state index contributed by atoms with van der Waals surface area (Å²) in [6, 6.07) is 5.56. The molecule has 1 amide bonds. The van der Waals surface area contributed by atoms with E-state index in [1.165, 1.54) is 0 Å². The lowest BCUT2D eigenvalue weighted by molar-refractivity contribution is 0.0951. The van der Waals surface area contributed by atoms with Crippen molar-refractivity contribution in [3.63, 3.8) is 0 Å². The van der Waals surface area contributed by atoms with Gasteiger partial charge >= 0.3 is 0 Å². The van der Waals surface area contributed by atoms with Crippen LogP contribution in [0.15, 0.2) is 23.0 Å². The van der Waals surface area contributed by atoms with Crippen LogP contribution in [0.4, 0.5) is 0 Å². The van der Waals surface area contributed by atoms with Gasteiger partial charge in [-0.3, -0.25) is 9.59 Å². The molecule has 0 saturated heterocycles. The fraction of sp³-hybridized carbons (Fsp3) is 0.333. The van der Waals surface area contributed by atoms with Gasteiger partial charge in [0, 0.05) is 18.5 Å². The maximum absolute atomic E-state index is 12.5. The zero-order valence-corrected chi connectivity index (χ0v) is 11.3. The second-order valence-corrected chi connectivity index (χ2v) is 4.96. The highest BCUT2D eigenvalue weighted by Crippen LogP contribution is 2.31. The number of carbonyl (C=O) groups is 1. The molecule has 0 bridgehead atoms. The molecule has 2 aromatic rings. The smallest absolute Gasteiger partial charge is 0.267 e. The number of carbonyl (C=O) groups excluding carboxylic acids is 1. The second kappa shape index (κ2) is 4.67. The highest BCUT2D eigenvalue weighted by molar-refractivity contribution is 6.02. The largest absolute Gasteiger partial charge is 0.506 e. The summed E-state index contributed by atoms with van der Waals surface area (Å²) in [6.07, 6.45) is 1.75. The summed E-state index contributed by atoms with van der Waals surface area (Å²) in [5.41, 5.74) is 1.24. The van der Waals surface area contributed by atoms with Crippen LogP contribution in [0, 0.1) is 0 Å². The molecule has 1 aliphatic rings. The van der Waals surface area contributed by atoms with Crippen LogP contribution in [-0.2, 0) is 13.0 Å². The Morgan fingerprint density at radius 2 is 2.25 bits per heavy atom. The lowest BCUT2D eigenvalue weighted by Gasteiger charge is -2.21. The molecule has 0 spiro atoms. The van der Waals surface area contributed by atoms with Gasteiger partial charge in [-0.1, -0.05) is 12.1 Å². The zero-order chi connectivity index (χ0) is 14.3. The third-order valence-electron chi connectivity index (χ3n) is 3.73. The van der Waals surface area contributed by atoms with Crippen molar-refractivity contribution < 1.29 is 9.90 Å². The minimum atomic E-state index is -0.517. The van der Waals surface area contributed by atoms with E-state index in [9.17, 15) is 14.7 Å². The van der Waals surface area contributed by atoms with Crippen molar-refractivity contribution in [2.45, 2.75) is 26.3 Å². The molecule has 0 fully saturated rings. The third-order valence-corrected chi connectivity index (χ3v) is 3.73. The summed E-state index contributed by atoms with van der Waals surface area (Å²) in [6.45, 7) is 2.77. The first-order valence-corrected chi connectivity index (χ1v) is 6.80. The molecule has 1 aromatic carbocycles. The molecule has 5 heteroatoms. The predicted octanol–water partition coefficient (Wildman–Crippen LogP) is 1.40. The number of benzene rings is 1. The number of nitrogens with zero attached hydrogens (tertiary/aromatic N) is 1. The van der Waals surface area contributed by atoms with Crippen LogP contribution in [0.25, 0.3) is 10.9 Å². The molecule has 0 atom stereocenters. The second-order valence-electron chi connectivity index (χ2n) is 4.96. The van der Waals surface area contributed by atoms with Gasteiger partial charge in [0.25, 0.3) is 11.5 Å². The molecule has 2 N–H and O–H groups in total. The highest BCUT2D eigenvalue weighted by atomic mass is 16.3. The van der Waals surface area contributed by atoms with Crippen LogP contribution in [0.5, 0.6) is 5.75 Å². The van der Waals surface area contributed by atoms with E-state index in [4.69, 9.17) is 0 Å². The van der Waals surface area contributed by atoms with E-state index in [1.807, 2.05) is 12.1 Å². The average Bonchev–Trinajstić information content (AvgIpc) is 2.45. The molecular weight excluding hydrogens is 256 g/mol. The van der Waals surface area contributed by atoms with Gasteiger partial charge in [-0.15, -0.1) is 0 Å². The number of aromatic nitrogens is 1. The van der Waals surface area contributed by atoms with Crippen molar-refractivity contribution >= 4 is 16.8 Å². The maximum atomic E-state index is 12.5. The lowest BCUT2D eigenvalue weighted by atomic mass is 9.99. The Labute approximate surface area is 115 Å². The number of rotatable bonds is 2. The monoisotopic (exact) mass is 272 g/mol. The van der Waals surface area contributed by atoms with Crippen LogP contribution in [0.3, 0.4) is 0 Å². The normalized spacial score (nSPS) is 13.4. The number of amides is 1. The molecule has 1 aromatic heterocycles. The Bertz CT molecular complexity index is 762. The minimum Gasteiger partial charge on any atom is -0.506 e. The third kappa shape index (κ3) is 1.70. The lowest BCUT2D eigenvalue weighted by Crippen LogP contribution is -2.34. The van der Waals surface area contributed by atoms with Crippen LogP contribution in [-0.4, -0.2) is 22.1 Å². The first kappa shape index (κ1) is 12.7. The molecule has 3 rings (SSSR count). The van der Waals surface area contributed by atoms with Gasteiger partial charge in [-0.25, -0.2) is 0 Å². The van der Waals surface area contributed by atoms with Gasteiger partial charge in [-0.05, 0) is 31.4 Å². The predicted molar refractivity (Wildman–Crippen MR) is 76.2 cm³/mol. The van der Waals surface area contributed by atoms with E-state index >= 15 is 0 Å². The first-order valence-electron chi connectivity index (χ1n) is 6.80. The summed E-state index contributed by atoms with van der Waals surface area (Å²) >= 11 is 0. The summed E-state index contributed by atoms with van der Waals surface area (Å²) in [5, 5.41) is 13.5. The van der Waals surface area contributed by atoms with Gasteiger partial charge in [0.1, 0.15) is 11.3 Å². The minimum absolute atomic E-state index is 0.154. The Hall–Kier alpha value is -2.30. The molecule has 20 heavy (non-hydrogen) atoms. The summed E-state index contributed by atoms with van der Waals surface area (Å²) in [4.78, 5) is 24.5. The van der Waals surface area contributed by atoms with Crippen LogP contribution < -0.4 is 10.9 Å². The quantitative estimate of drug-likeness (QED) is 0.868. The molecule has 0 aliphatic carbocycles. The SMILES string of the molecule is CCNC(=O)c1c(O)c2cccc3c2n(c1=O)CCC3. The van der Waals surface area contributed by atoms with Crippen LogP contribution in [0.1, 0.15) is 29.3 Å². The summed E-state index contributed by atoms with van der Waals surface area (Å²) in [5.74, 6) is -0.729. The van der Waals surface area contributed by atoms with E-state index in [-0.39, 0.29) is 11.3 Å². The van der Waals surface area contributed by atoms with Crippen molar-refractivity contribution in [1.82, 2.24) is 9.88 Å². The number of nitrogens with one attached hydrogen (secondary N) is 1. The molecule has 0 saturated carbocycles. The standard InChI is InChI=1S/C15H16N2O3/c1-2-16-14(19)11-13(18)10-7-3-5-9-6-4-8-17(12(9)10)15(11)20/h3,5,7,18H,2,4,6,8H2,1H3,(H,16,19). The fourth-order valence-electron chi connectivity index (χ4n) is 2.87. The molecule has 0 radical (unpaired) electrons.